The van der Waals surface area contributed by atoms with Crippen molar-refractivity contribution in [3.63, 3.8) is 0 Å². The molecule has 1 fully saturated rings. The van der Waals surface area contributed by atoms with Gasteiger partial charge in [-0.2, -0.15) is 0 Å². The summed E-state index contributed by atoms with van der Waals surface area (Å²) in [5.41, 5.74) is 7.01. The van der Waals surface area contributed by atoms with Gasteiger partial charge in [0.2, 0.25) is 0 Å². The van der Waals surface area contributed by atoms with Gasteiger partial charge < -0.3 is 15.8 Å². The van der Waals surface area contributed by atoms with E-state index in [0.717, 1.165) is 36.9 Å². The summed E-state index contributed by atoms with van der Waals surface area (Å²) in [5.74, 6) is 0. The molecular weight excluding hydrogens is 198 g/mol. The fraction of sp³-hybridized carbons (Fsp3) is 0.667. The smallest absolute Gasteiger partial charge is 0.182 e. The van der Waals surface area contributed by atoms with Crippen LogP contribution >= 0.6 is 11.3 Å². The molecule has 1 aliphatic rings. The van der Waals surface area contributed by atoms with Gasteiger partial charge in [0, 0.05) is 25.6 Å². The number of hydrogen-bond donors (Lipinski definition) is 2. The lowest BCUT2D eigenvalue weighted by molar-refractivity contribution is 0.0510. The number of nitrogens with zero attached hydrogens (tertiary/aromatic N) is 1. The minimum absolute atomic E-state index is 0.274. The van der Waals surface area contributed by atoms with Crippen LogP contribution in [-0.2, 0) is 10.3 Å². The van der Waals surface area contributed by atoms with Crippen LogP contribution in [0.2, 0.25) is 0 Å². The maximum absolute atomic E-state index is 6.28. The molecule has 0 bridgehead atoms. The molecule has 0 amide bonds. The first-order valence-electron chi connectivity index (χ1n) is 4.75. The molecule has 0 aliphatic carbocycles. The van der Waals surface area contributed by atoms with E-state index >= 15 is 0 Å². The van der Waals surface area contributed by atoms with E-state index in [4.69, 9.17) is 10.5 Å². The highest BCUT2D eigenvalue weighted by atomic mass is 32.1. The van der Waals surface area contributed by atoms with Gasteiger partial charge in [-0.05, 0) is 12.8 Å². The number of hydrogen-bond acceptors (Lipinski definition) is 5. The van der Waals surface area contributed by atoms with Crippen molar-refractivity contribution in [1.82, 2.24) is 4.98 Å². The zero-order chi connectivity index (χ0) is 10.0. The molecule has 2 heterocycles. The topological polar surface area (TPSA) is 60.2 Å². The minimum atomic E-state index is -0.274. The number of nitrogens with one attached hydrogen (secondary N) is 1. The summed E-state index contributed by atoms with van der Waals surface area (Å²) in [6.45, 7) is 1.48. The van der Waals surface area contributed by atoms with Gasteiger partial charge in [0.05, 0.1) is 11.2 Å². The summed E-state index contributed by atoms with van der Waals surface area (Å²) < 4.78 is 5.30. The molecule has 1 saturated heterocycles. The maximum atomic E-state index is 6.28. The Morgan fingerprint density at radius 2 is 2.29 bits per heavy atom. The number of thiazole rings is 1. The molecule has 14 heavy (non-hydrogen) atoms. The van der Waals surface area contributed by atoms with Gasteiger partial charge in [-0.15, -0.1) is 11.3 Å². The predicted octanol–water partition coefficient (Wildman–Crippen LogP) is 1.15. The van der Waals surface area contributed by atoms with E-state index in [9.17, 15) is 0 Å². The lowest BCUT2D eigenvalue weighted by atomic mass is 9.89. The summed E-state index contributed by atoms with van der Waals surface area (Å²) in [7, 11) is 1.87. The average molecular weight is 213 g/mol. The Labute approximate surface area is 87.5 Å². The molecule has 0 aromatic carbocycles. The van der Waals surface area contributed by atoms with Crippen LogP contribution < -0.4 is 11.1 Å². The Balaban J connectivity index is 2.19. The van der Waals surface area contributed by atoms with Crippen LogP contribution in [0.15, 0.2) is 5.38 Å². The second kappa shape index (κ2) is 3.84. The zero-order valence-corrected chi connectivity index (χ0v) is 9.06. The largest absolute Gasteiger partial charge is 0.381 e. The van der Waals surface area contributed by atoms with Gasteiger partial charge in [0.25, 0.3) is 0 Å². The van der Waals surface area contributed by atoms with E-state index in [1.54, 1.807) is 11.3 Å². The molecule has 3 N–H and O–H groups in total. The Kier molecular flexibility index (Phi) is 2.71. The summed E-state index contributed by atoms with van der Waals surface area (Å²) in [6, 6.07) is 0. The molecule has 1 aromatic rings. The number of rotatable bonds is 2. The lowest BCUT2D eigenvalue weighted by Gasteiger charge is -2.31. The summed E-state index contributed by atoms with van der Waals surface area (Å²) >= 11 is 1.60. The molecule has 1 aliphatic heterocycles. The van der Waals surface area contributed by atoms with Gasteiger partial charge in [-0.25, -0.2) is 4.98 Å². The highest BCUT2D eigenvalue weighted by Gasteiger charge is 2.32. The first-order chi connectivity index (χ1) is 6.74. The molecule has 1 aromatic heterocycles. The van der Waals surface area contributed by atoms with E-state index in [1.165, 1.54) is 0 Å². The molecular formula is C9H15N3OS. The Bertz CT molecular complexity index is 307. The van der Waals surface area contributed by atoms with Crippen molar-refractivity contribution in [3.05, 3.63) is 11.1 Å². The second-order valence-electron chi connectivity index (χ2n) is 3.56. The summed E-state index contributed by atoms with van der Waals surface area (Å²) in [4.78, 5) is 4.45. The number of aromatic nitrogens is 1. The lowest BCUT2D eigenvalue weighted by Crippen LogP contribution is -2.42. The average Bonchev–Trinajstić information content (AvgIpc) is 2.67. The number of ether oxygens (including phenoxy) is 1. The van der Waals surface area contributed by atoms with Crippen molar-refractivity contribution in [3.8, 4) is 0 Å². The molecule has 0 radical (unpaired) electrons. The van der Waals surface area contributed by atoms with Crippen molar-refractivity contribution in [2.24, 2.45) is 5.73 Å². The van der Waals surface area contributed by atoms with Crippen LogP contribution in [0.25, 0.3) is 0 Å². The van der Waals surface area contributed by atoms with Crippen LogP contribution in [0, 0.1) is 0 Å². The highest BCUT2D eigenvalue weighted by Crippen LogP contribution is 2.31. The molecule has 78 valence electrons. The van der Waals surface area contributed by atoms with Crippen molar-refractivity contribution in [2.45, 2.75) is 18.4 Å². The van der Waals surface area contributed by atoms with Gasteiger partial charge in [-0.1, -0.05) is 0 Å². The van der Waals surface area contributed by atoms with Crippen molar-refractivity contribution in [2.75, 3.05) is 25.6 Å². The molecule has 2 rings (SSSR count). The zero-order valence-electron chi connectivity index (χ0n) is 8.25. The second-order valence-corrected chi connectivity index (χ2v) is 4.41. The number of anilines is 1. The van der Waals surface area contributed by atoms with Crippen LogP contribution in [0.5, 0.6) is 0 Å². The quantitative estimate of drug-likeness (QED) is 0.773. The van der Waals surface area contributed by atoms with Crippen molar-refractivity contribution >= 4 is 16.5 Å². The SMILES string of the molecule is CNc1nc(C2(N)CCOCC2)cs1. The van der Waals surface area contributed by atoms with Gasteiger partial charge >= 0.3 is 0 Å². The third-order valence-corrected chi connectivity index (χ3v) is 3.47. The maximum Gasteiger partial charge on any atom is 0.182 e. The number of nitrogens with two attached hydrogens (primary N) is 1. The van der Waals surface area contributed by atoms with Crippen molar-refractivity contribution in [1.29, 1.82) is 0 Å². The Morgan fingerprint density at radius 1 is 1.57 bits per heavy atom. The van der Waals surface area contributed by atoms with Crippen LogP contribution in [0.1, 0.15) is 18.5 Å². The first kappa shape index (κ1) is 9.89. The predicted molar refractivity (Wildman–Crippen MR) is 57.6 cm³/mol. The van der Waals surface area contributed by atoms with Gasteiger partial charge in [0.15, 0.2) is 5.13 Å². The van der Waals surface area contributed by atoms with Gasteiger partial charge in [0.1, 0.15) is 0 Å². The van der Waals surface area contributed by atoms with E-state index in [-0.39, 0.29) is 5.54 Å². The molecule has 4 nitrogen and oxygen atoms in total. The van der Waals surface area contributed by atoms with Crippen LogP contribution in [0.3, 0.4) is 0 Å². The molecule has 0 saturated carbocycles. The molecule has 0 unspecified atom stereocenters. The summed E-state index contributed by atoms with van der Waals surface area (Å²) in [6.07, 6.45) is 1.72. The molecule has 0 spiro atoms. The Hall–Kier alpha value is -0.650. The first-order valence-corrected chi connectivity index (χ1v) is 5.63. The van der Waals surface area contributed by atoms with Gasteiger partial charge in [-0.3, -0.25) is 0 Å². The standard InChI is InChI=1S/C9H15N3OS/c1-11-8-12-7(6-14-8)9(10)2-4-13-5-3-9/h6H,2-5,10H2,1H3,(H,11,12). The monoisotopic (exact) mass is 213 g/mol. The summed E-state index contributed by atoms with van der Waals surface area (Å²) in [5, 5.41) is 5.99. The van der Waals surface area contributed by atoms with Crippen molar-refractivity contribution < 1.29 is 4.74 Å². The fourth-order valence-corrected chi connectivity index (χ4v) is 2.39. The Morgan fingerprint density at radius 3 is 2.86 bits per heavy atom. The highest BCUT2D eigenvalue weighted by molar-refractivity contribution is 7.13. The van der Waals surface area contributed by atoms with E-state index in [2.05, 4.69) is 10.3 Å². The molecule has 5 heteroatoms. The molecule has 0 atom stereocenters. The third-order valence-electron chi connectivity index (χ3n) is 2.61. The van der Waals surface area contributed by atoms with E-state index in [0.29, 0.717) is 0 Å². The van der Waals surface area contributed by atoms with Crippen LogP contribution in [0.4, 0.5) is 5.13 Å². The van der Waals surface area contributed by atoms with Crippen LogP contribution in [-0.4, -0.2) is 25.2 Å². The van der Waals surface area contributed by atoms with E-state index in [1.807, 2.05) is 12.4 Å². The van der Waals surface area contributed by atoms with E-state index < -0.39 is 0 Å². The minimum Gasteiger partial charge on any atom is -0.381 e. The normalized spacial score (nSPS) is 20.7. The third kappa shape index (κ3) is 1.75. The fourth-order valence-electron chi connectivity index (χ4n) is 1.61.